The fraction of sp³-hybridized carbons (Fsp3) is 0.100. The van der Waals surface area contributed by atoms with Gasteiger partial charge in [-0.3, -0.25) is 20.4 Å². The van der Waals surface area contributed by atoms with E-state index in [-0.39, 0.29) is 29.3 Å². The van der Waals surface area contributed by atoms with Gasteiger partial charge in [-0.1, -0.05) is 24.1 Å². The van der Waals surface area contributed by atoms with Gasteiger partial charge in [0.25, 0.3) is 5.91 Å². The summed E-state index contributed by atoms with van der Waals surface area (Å²) in [5.74, 6) is 1.22. The Morgan fingerprint density at radius 2 is 1.76 bits per heavy atom. The summed E-state index contributed by atoms with van der Waals surface area (Å²) in [5.41, 5.74) is 6.58. The van der Waals surface area contributed by atoms with E-state index in [1.807, 2.05) is 24.3 Å². The van der Waals surface area contributed by atoms with Crippen molar-refractivity contribution in [3.05, 3.63) is 65.9 Å². The van der Waals surface area contributed by atoms with Crippen LogP contribution in [0.3, 0.4) is 0 Å². The number of carbonyl (C=O) groups excluding carboxylic acids is 2. The fourth-order valence-electron chi connectivity index (χ4n) is 2.70. The first kappa shape index (κ1) is 20.1. The molecule has 0 radical (unpaired) electrons. The molecule has 0 saturated carbocycles. The van der Waals surface area contributed by atoms with E-state index in [2.05, 4.69) is 26.5 Å². The lowest BCUT2D eigenvalue weighted by molar-refractivity contribution is -0.121. The Balaban J connectivity index is 1.57. The lowest BCUT2D eigenvalue weighted by atomic mass is 10.1. The Bertz CT molecular complexity index is 1190. The van der Waals surface area contributed by atoms with E-state index in [0.717, 1.165) is 16.5 Å². The maximum Gasteiger partial charge on any atom is 0.269 e. The van der Waals surface area contributed by atoms with Crippen LogP contribution in [-0.2, 0) is 21.2 Å². The summed E-state index contributed by atoms with van der Waals surface area (Å²) in [7, 11) is -3.73. The monoisotopic (exact) mass is 410 g/mol. The number of H-pyrrole nitrogens is 1. The molecule has 1 heterocycles. The van der Waals surface area contributed by atoms with Gasteiger partial charge in [0.05, 0.1) is 17.9 Å². The number of sulfonamides is 1. The molecule has 0 atom stereocenters. The number of para-hydroxylation sites is 1. The first-order valence-electron chi connectivity index (χ1n) is 8.58. The van der Waals surface area contributed by atoms with Crippen LogP contribution in [0.5, 0.6) is 0 Å². The number of amides is 2. The highest BCUT2D eigenvalue weighted by atomic mass is 32.2. The van der Waals surface area contributed by atoms with Crippen molar-refractivity contribution in [2.24, 2.45) is 0 Å². The van der Waals surface area contributed by atoms with E-state index in [1.54, 1.807) is 6.20 Å². The van der Waals surface area contributed by atoms with Crippen molar-refractivity contribution < 1.29 is 18.0 Å². The van der Waals surface area contributed by atoms with Gasteiger partial charge < -0.3 is 4.98 Å². The molecule has 0 fully saturated rings. The molecule has 0 spiro atoms. The number of terminal acetylenes is 1. The van der Waals surface area contributed by atoms with E-state index in [0.29, 0.717) is 0 Å². The number of hydrogen-bond acceptors (Lipinski definition) is 4. The predicted octanol–water partition coefficient (Wildman–Crippen LogP) is 1.08. The molecule has 2 aromatic carbocycles. The van der Waals surface area contributed by atoms with Gasteiger partial charge in [-0.25, -0.2) is 8.42 Å². The van der Waals surface area contributed by atoms with Gasteiger partial charge in [0.15, 0.2) is 0 Å². The van der Waals surface area contributed by atoms with Crippen molar-refractivity contribution in [2.75, 3.05) is 6.54 Å². The number of aromatic amines is 1. The molecule has 4 N–H and O–H groups in total. The van der Waals surface area contributed by atoms with Gasteiger partial charge in [-0.05, 0) is 35.9 Å². The first-order chi connectivity index (χ1) is 13.9. The topological polar surface area (TPSA) is 120 Å². The minimum absolute atomic E-state index is 0.0207. The zero-order valence-corrected chi connectivity index (χ0v) is 16.0. The molecule has 3 aromatic rings. The number of nitrogens with one attached hydrogen (secondary N) is 4. The van der Waals surface area contributed by atoms with Crippen LogP contribution in [0.1, 0.15) is 15.9 Å². The molecular formula is C20H18N4O4S. The Morgan fingerprint density at radius 1 is 1.03 bits per heavy atom. The van der Waals surface area contributed by atoms with Crippen molar-refractivity contribution in [1.29, 1.82) is 0 Å². The zero-order valence-electron chi connectivity index (χ0n) is 15.2. The van der Waals surface area contributed by atoms with Crippen LogP contribution in [0, 0.1) is 12.3 Å². The van der Waals surface area contributed by atoms with Crippen LogP contribution in [-0.4, -0.2) is 31.8 Å². The molecular weight excluding hydrogens is 392 g/mol. The summed E-state index contributed by atoms with van der Waals surface area (Å²) in [6.45, 7) is -0.132. The summed E-state index contributed by atoms with van der Waals surface area (Å²) < 4.78 is 26.2. The summed E-state index contributed by atoms with van der Waals surface area (Å²) in [6.07, 6.45) is 6.87. The molecule has 148 valence electrons. The molecule has 0 unspecified atom stereocenters. The van der Waals surface area contributed by atoms with E-state index < -0.39 is 15.9 Å². The molecule has 0 aliphatic rings. The molecule has 0 bridgehead atoms. The van der Waals surface area contributed by atoms with Gasteiger partial charge >= 0.3 is 0 Å². The molecule has 8 nitrogen and oxygen atoms in total. The van der Waals surface area contributed by atoms with Crippen molar-refractivity contribution in [3.63, 3.8) is 0 Å². The van der Waals surface area contributed by atoms with Crippen LogP contribution < -0.4 is 15.6 Å². The third kappa shape index (κ3) is 4.82. The van der Waals surface area contributed by atoms with E-state index in [9.17, 15) is 18.0 Å². The van der Waals surface area contributed by atoms with Gasteiger partial charge in [-0.15, -0.1) is 6.42 Å². The lowest BCUT2D eigenvalue weighted by Gasteiger charge is -2.08. The van der Waals surface area contributed by atoms with E-state index in [1.165, 1.54) is 24.3 Å². The average molecular weight is 410 g/mol. The summed E-state index contributed by atoms with van der Waals surface area (Å²) in [5, 5.41) is 0.934. The fourth-order valence-corrected chi connectivity index (χ4v) is 3.63. The Labute approximate surface area is 167 Å². The number of aromatic nitrogens is 1. The first-order valence-corrected chi connectivity index (χ1v) is 10.1. The van der Waals surface area contributed by atoms with Gasteiger partial charge in [0, 0.05) is 22.7 Å². The third-order valence-electron chi connectivity index (χ3n) is 4.13. The molecule has 29 heavy (non-hydrogen) atoms. The van der Waals surface area contributed by atoms with Crippen LogP contribution in [0.4, 0.5) is 0 Å². The van der Waals surface area contributed by atoms with Crippen molar-refractivity contribution in [1.82, 2.24) is 20.6 Å². The van der Waals surface area contributed by atoms with Gasteiger partial charge in [0.2, 0.25) is 15.9 Å². The quantitative estimate of drug-likeness (QED) is 0.359. The minimum Gasteiger partial charge on any atom is -0.361 e. The summed E-state index contributed by atoms with van der Waals surface area (Å²) in [6, 6.07) is 12.8. The number of hydrogen-bond donors (Lipinski definition) is 4. The van der Waals surface area contributed by atoms with E-state index >= 15 is 0 Å². The predicted molar refractivity (Wildman–Crippen MR) is 108 cm³/mol. The second kappa shape index (κ2) is 8.60. The van der Waals surface area contributed by atoms with Crippen molar-refractivity contribution >= 4 is 32.7 Å². The molecule has 9 heteroatoms. The highest BCUT2D eigenvalue weighted by Crippen LogP contribution is 2.17. The molecule has 1 aromatic heterocycles. The molecule has 0 saturated heterocycles. The Morgan fingerprint density at radius 3 is 2.48 bits per heavy atom. The Kier molecular flexibility index (Phi) is 5.97. The van der Waals surface area contributed by atoms with Crippen molar-refractivity contribution in [2.45, 2.75) is 11.3 Å². The molecule has 0 aliphatic carbocycles. The normalized spacial score (nSPS) is 11.0. The van der Waals surface area contributed by atoms with Crippen molar-refractivity contribution in [3.8, 4) is 12.3 Å². The lowest BCUT2D eigenvalue weighted by Crippen LogP contribution is -2.42. The van der Waals surface area contributed by atoms with Crippen LogP contribution in [0.2, 0.25) is 0 Å². The SMILES string of the molecule is C#CCNS(=O)(=O)c1ccc(C(=O)NNC(=O)Cc2c[nH]c3ccccc23)cc1. The zero-order chi connectivity index (χ0) is 20.9. The minimum atomic E-state index is -3.73. The second-order valence-electron chi connectivity index (χ2n) is 6.09. The van der Waals surface area contributed by atoms with Gasteiger partial charge in [0.1, 0.15) is 0 Å². The largest absolute Gasteiger partial charge is 0.361 e. The highest BCUT2D eigenvalue weighted by Gasteiger charge is 2.15. The standard InChI is InChI=1S/C20H18N4O4S/c1-2-11-22-29(27,28)16-9-7-14(8-10-16)20(26)24-23-19(25)12-15-13-21-18-6-4-3-5-17(15)18/h1,3-10,13,21-22H,11-12H2,(H,23,25)(H,24,26). The second-order valence-corrected chi connectivity index (χ2v) is 7.86. The van der Waals surface area contributed by atoms with Gasteiger partial charge in [-0.2, -0.15) is 4.72 Å². The van der Waals surface area contributed by atoms with Crippen LogP contribution in [0.25, 0.3) is 10.9 Å². The molecule has 2 amide bonds. The summed E-state index contributed by atoms with van der Waals surface area (Å²) >= 11 is 0. The Hall–Kier alpha value is -3.61. The number of rotatable bonds is 6. The average Bonchev–Trinajstić information content (AvgIpc) is 3.13. The smallest absolute Gasteiger partial charge is 0.269 e. The number of fused-ring (bicyclic) bond motifs is 1. The summed E-state index contributed by atoms with van der Waals surface area (Å²) in [4.78, 5) is 27.4. The third-order valence-corrected chi connectivity index (χ3v) is 5.55. The van der Waals surface area contributed by atoms with E-state index in [4.69, 9.17) is 6.42 Å². The number of hydrazine groups is 1. The van der Waals surface area contributed by atoms with Crippen LogP contribution >= 0.6 is 0 Å². The maximum atomic E-state index is 12.2. The van der Waals surface area contributed by atoms with Crippen LogP contribution in [0.15, 0.2) is 59.6 Å². The number of carbonyl (C=O) groups is 2. The molecule has 0 aliphatic heterocycles. The highest BCUT2D eigenvalue weighted by molar-refractivity contribution is 7.89. The maximum absolute atomic E-state index is 12.2. The molecule has 3 rings (SSSR count). The number of benzene rings is 2.